The number of carbonyl (C=O) groups excluding carboxylic acids is 1. The van der Waals surface area contributed by atoms with E-state index in [0.717, 1.165) is 6.42 Å². The number of hydrogen-bond donors (Lipinski definition) is 2. The third kappa shape index (κ3) is 4.61. The Morgan fingerprint density at radius 2 is 2.14 bits per heavy atom. The Hall–Kier alpha value is -0.570. The van der Waals surface area contributed by atoms with Gasteiger partial charge in [-0.2, -0.15) is 0 Å². The van der Waals surface area contributed by atoms with E-state index in [-0.39, 0.29) is 18.6 Å². The van der Waals surface area contributed by atoms with Gasteiger partial charge in [-0.25, -0.2) is 0 Å². The molecule has 0 spiro atoms. The normalized spacial score (nSPS) is 18.3. The smallest absolute Gasteiger partial charge is 0.220 e. The topological polar surface area (TPSA) is 49.3 Å². The number of aliphatic hydroxyl groups is 1. The highest BCUT2D eigenvalue weighted by atomic mass is 16.3. The Balaban J connectivity index is 2.19. The zero-order chi connectivity index (χ0) is 10.6. The molecule has 0 aromatic heterocycles. The molecule has 82 valence electrons. The van der Waals surface area contributed by atoms with Gasteiger partial charge in [-0.15, -0.1) is 0 Å². The van der Waals surface area contributed by atoms with Crippen LogP contribution >= 0.6 is 0 Å². The molecule has 0 radical (unpaired) electrons. The van der Waals surface area contributed by atoms with Crippen molar-refractivity contribution in [1.82, 2.24) is 5.32 Å². The molecule has 1 fully saturated rings. The SMILES string of the molecule is CC(C)CC(CO)NC(=O)CC1CC1. The molecule has 0 saturated heterocycles. The average molecular weight is 199 g/mol. The second kappa shape index (κ2) is 5.35. The van der Waals surface area contributed by atoms with Crippen LogP contribution in [0.4, 0.5) is 0 Å². The quantitative estimate of drug-likeness (QED) is 0.677. The zero-order valence-corrected chi connectivity index (χ0v) is 9.12. The molecule has 0 aliphatic heterocycles. The maximum Gasteiger partial charge on any atom is 0.220 e. The molecule has 14 heavy (non-hydrogen) atoms. The van der Waals surface area contributed by atoms with Crippen LogP contribution in [0.1, 0.15) is 39.5 Å². The Kier molecular flexibility index (Phi) is 4.39. The lowest BCUT2D eigenvalue weighted by Crippen LogP contribution is -2.38. The number of amides is 1. The molecule has 3 nitrogen and oxygen atoms in total. The lowest BCUT2D eigenvalue weighted by Gasteiger charge is -2.18. The lowest BCUT2D eigenvalue weighted by atomic mass is 10.0. The molecule has 1 aliphatic rings. The summed E-state index contributed by atoms with van der Waals surface area (Å²) in [6.45, 7) is 4.24. The van der Waals surface area contributed by atoms with Gasteiger partial charge in [0.1, 0.15) is 0 Å². The van der Waals surface area contributed by atoms with E-state index in [1.54, 1.807) is 0 Å². The van der Waals surface area contributed by atoms with Crippen LogP contribution in [0.5, 0.6) is 0 Å². The maximum absolute atomic E-state index is 11.4. The second-order valence-electron chi connectivity index (χ2n) is 4.72. The van der Waals surface area contributed by atoms with Crippen molar-refractivity contribution in [1.29, 1.82) is 0 Å². The molecule has 1 saturated carbocycles. The molecule has 1 unspecified atom stereocenters. The van der Waals surface area contributed by atoms with Gasteiger partial charge in [0.25, 0.3) is 0 Å². The van der Waals surface area contributed by atoms with Gasteiger partial charge in [0.2, 0.25) is 5.91 Å². The zero-order valence-electron chi connectivity index (χ0n) is 9.12. The standard InChI is InChI=1S/C11H21NO2/c1-8(2)5-10(7-13)12-11(14)6-9-3-4-9/h8-10,13H,3-7H2,1-2H3,(H,12,14). The second-order valence-corrected chi connectivity index (χ2v) is 4.72. The van der Waals surface area contributed by atoms with E-state index in [0.29, 0.717) is 18.3 Å². The minimum Gasteiger partial charge on any atom is -0.394 e. The molecule has 1 amide bonds. The predicted octanol–water partition coefficient (Wildman–Crippen LogP) is 1.31. The van der Waals surface area contributed by atoms with Crippen LogP contribution in [-0.2, 0) is 4.79 Å². The summed E-state index contributed by atoms with van der Waals surface area (Å²) in [7, 11) is 0. The van der Waals surface area contributed by atoms with Crippen molar-refractivity contribution in [2.75, 3.05) is 6.61 Å². The fourth-order valence-electron chi connectivity index (χ4n) is 1.62. The summed E-state index contributed by atoms with van der Waals surface area (Å²) in [5.41, 5.74) is 0. The van der Waals surface area contributed by atoms with E-state index in [1.807, 2.05) is 0 Å². The van der Waals surface area contributed by atoms with Gasteiger partial charge in [0.05, 0.1) is 12.6 Å². The average Bonchev–Trinajstić information content (AvgIpc) is 2.86. The minimum absolute atomic E-state index is 0.0502. The fourth-order valence-corrected chi connectivity index (χ4v) is 1.62. The molecular weight excluding hydrogens is 178 g/mol. The Bertz CT molecular complexity index is 188. The minimum atomic E-state index is -0.0544. The fraction of sp³-hybridized carbons (Fsp3) is 0.909. The molecule has 1 rings (SSSR count). The monoisotopic (exact) mass is 199 g/mol. The van der Waals surface area contributed by atoms with Crippen LogP contribution in [-0.4, -0.2) is 23.7 Å². The highest BCUT2D eigenvalue weighted by Gasteiger charge is 2.25. The number of nitrogens with one attached hydrogen (secondary N) is 1. The molecule has 2 N–H and O–H groups in total. The Morgan fingerprint density at radius 1 is 1.50 bits per heavy atom. The molecule has 0 aromatic carbocycles. The van der Waals surface area contributed by atoms with Crippen molar-refractivity contribution in [3.8, 4) is 0 Å². The summed E-state index contributed by atoms with van der Waals surface area (Å²) in [5, 5.41) is 11.9. The number of aliphatic hydroxyl groups excluding tert-OH is 1. The first-order valence-electron chi connectivity index (χ1n) is 5.52. The van der Waals surface area contributed by atoms with Crippen LogP contribution in [0.25, 0.3) is 0 Å². The lowest BCUT2D eigenvalue weighted by molar-refractivity contribution is -0.122. The van der Waals surface area contributed by atoms with Crippen molar-refractivity contribution in [3.63, 3.8) is 0 Å². The highest BCUT2D eigenvalue weighted by molar-refractivity contribution is 5.76. The van der Waals surface area contributed by atoms with Gasteiger partial charge in [-0.1, -0.05) is 13.8 Å². The first-order valence-corrected chi connectivity index (χ1v) is 5.52. The molecule has 0 heterocycles. The molecular formula is C11H21NO2. The number of rotatable bonds is 6. The molecule has 3 heteroatoms. The highest BCUT2D eigenvalue weighted by Crippen LogP contribution is 2.32. The van der Waals surface area contributed by atoms with Crippen molar-refractivity contribution in [2.45, 2.75) is 45.6 Å². The molecule has 0 aromatic rings. The van der Waals surface area contributed by atoms with Gasteiger partial charge in [-0.3, -0.25) is 4.79 Å². The van der Waals surface area contributed by atoms with E-state index in [4.69, 9.17) is 5.11 Å². The predicted molar refractivity (Wildman–Crippen MR) is 55.8 cm³/mol. The van der Waals surface area contributed by atoms with E-state index >= 15 is 0 Å². The maximum atomic E-state index is 11.4. The van der Waals surface area contributed by atoms with Gasteiger partial charge >= 0.3 is 0 Å². The number of hydrogen-bond acceptors (Lipinski definition) is 2. The van der Waals surface area contributed by atoms with Crippen LogP contribution in [0.3, 0.4) is 0 Å². The van der Waals surface area contributed by atoms with Gasteiger partial charge < -0.3 is 10.4 Å². The summed E-state index contributed by atoms with van der Waals surface area (Å²) in [5.74, 6) is 1.23. The van der Waals surface area contributed by atoms with Crippen molar-refractivity contribution >= 4 is 5.91 Å². The third-order valence-electron chi connectivity index (χ3n) is 2.51. The van der Waals surface area contributed by atoms with Crippen LogP contribution in [0.2, 0.25) is 0 Å². The summed E-state index contributed by atoms with van der Waals surface area (Å²) < 4.78 is 0. The van der Waals surface area contributed by atoms with Crippen molar-refractivity contribution in [2.24, 2.45) is 11.8 Å². The van der Waals surface area contributed by atoms with E-state index in [9.17, 15) is 4.79 Å². The summed E-state index contributed by atoms with van der Waals surface area (Å²) in [6.07, 6.45) is 3.89. The van der Waals surface area contributed by atoms with E-state index in [2.05, 4.69) is 19.2 Å². The third-order valence-corrected chi connectivity index (χ3v) is 2.51. The Morgan fingerprint density at radius 3 is 2.57 bits per heavy atom. The van der Waals surface area contributed by atoms with Crippen molar-refractivity contribution in [3.05, 3.63) is 0 Å². The largest absolute Gasteiger partial charge is 0.394 e. The molecule has 1 atom stereocenters. The summed E-state index contributed by atoms with van der Waals surface area (Å²) in [6, 6.07) is -0.0544. The van der Waals surface area contributed by atoms with Gasteiger partial charge in [-0.05, 0) is 31.1 Å². The van der Waals surface area contributed by atoms with Crippen LogP contribution in [0, 0.1) is 11.8 Å². The van der Waals surface area contributed by atoms with Gasteiger partial charge in [0.15, 0.2) is 0 Å². The van der Waals surface area contributed by atoms with Crippen molar-refractivity contribution < 1.29 is 9.90 Å². The van der Waals surface area contributed by atoms with Gasteiger partial charge in [0, 0.05) is 6.42 Å². The molecule has 0 bridgehead atoms. The first-order chi connectivity index (χ1) is 6.61. The Labute approximate surface area is 85.9 Å². The van der Waals surface area contributed by atoms with E-state index < -0.39 is 0 Å². The number of carbonyl (C=O) groups is 1. The van der Waals surface area contributed by atoms with Crippen LogP contribution < -0.4 is 5.32 Å². The van der Waals surface area contributed by atoms with Crippen LogP contribution in [0.15, 0.2) is 0 Å². The first kappa shape index (κ1) is 11.5. The molecule has 1 aliphatic carbocycles. The van der Waals surface area contributed by atoms with E-state index in [1.165, 1.54) is 12.8 Å². The summed E-state index contributed by atoms with van der Waals surface area (Å²) >= 11 is 0. The summed E-state index contributed by atoms with van der Waals surface area (Å²) in [4.78, 5) is 11.4.